The molecule has 0 atom stereocenters. The second-order valence-electron chi connectivity index (χ2n) is 6.57. The fourth-order valence-electron chi connectivity index (χ4n) is 3.03. The van der Waals surface area contributed by atoms with Gasteiger partial charge in [-0.2, -0.15) is 0 Å². The van der Waals surface area contributed by atoms with E-state index >= 15 is 0 Å². The van der Waals surface area contributed by atoms with Crippen molar-refractivity contribution >= 4 is 11.9 Å². The summed E-state index contributed by atoms with van der Waals surface area (Å²) in [5, 5.41) is 10.3. The summed E-state index contributed by atoms with van der Waals surface area (Å²) < 4.78 is 11.3. The maximum absolute atomic E-state index is 12.8. The van der Waals surface area contributed by atoms with Crippen LogP contribution in [0.2, 0.25) is 0 Å². The number of carbonyl (C=O) groups excluding carboxylic acids is 1. The quantitative estimate of drug-likeness (QED) is 0.829. The Bertz CT molecular complexity index is 867. The minimum absolute atomic E-state index is 0.144. The lowest BCUT2D eigenvalue weighted by Crippen LogP contribution is -2.12. The van der Waals surface area contributed by atoms with E-state index in [-0.39, 0.29) is 17.3 Å². The number of ether oxygens (including phenoxy) is 2. The minimum atomic E-state index is -0.161. The van der Waals surface area contributed by atoms with Crippen LogP contribution in [0.5, 0.6) is 17.2 Å². The Morgan fingerprint density at radius 1 is 1.23 bits per heavy atom. The monoisotopic (exact) mass is 353 g/mol. The summed E-state index contributed by atoms with van der Waals surface area (Å²) >= 11 is 0. The van der Waals surface area contributed by atoms with E-state index in [1.54, 1.807) is 19.1 Å². The van der Waals surface area contributed by atoms with Gasteiger partial charge in [-0.3, -0.25) is 4.79 Å². The molecule has 1 aliphatic heterocycles. The van der Waals surface area contributed by atoms with Crippen molar-refractivity contribution in [1.82, 2.24) is 4.90 Å². The number of aromatic hydroxyl groups is 1. The van der Waals surface area contributed by atoms with Crippen LogP contribution in [0, 0.1) is 6.92 Å². The molecule has 0 amide bonds. The van der Waals surface area contributed by atoms with Gasteiger partial charge in [0.05, 0.1) is 17.7 Å². The van der Waals surface area contributed by atoms with Gasteiger partial charge in [0.25, 0.3) is 0 Å². The Morgan fingerprint density at radius 3 is 2.54 bits per heavy atom. The summed E-state index contributed by atoms with van der Waals surface area (Å²) in [7, 11) is 3.80. The molecule has 136 valence electrons. The van der Waals surface area contributed by atoms with Crippen LogP contribution < -0.4 is 9.47 Å². The summed E-state index contributed by atoms with van der Waals surface area (Å²) in [6.45, 7) is 4.83. The number of nitrogens with zero attached hydrogens (tertiary/aromatic N) is 1. The van der Waals surface area contributed by atoms with Gasteiger partial charge >= 0.3 is 0 Å². The number of allylic oxidation sites excluding steroid dienone is 1. The molecule has 0 aliphatic carbocycles. The van der Waals surface area contributed by atoms with Crippen LogP contribution in [0.15, 0.2) is 36.1 Å². The van der Waals surface area contributed by atoms with E-state index in [9.17, 15) is 9.90 Å². The van der Waals surface area contributed by atoms with Gasteiger partial charge in [0.2, 0.25) is 5.78 Å². The lowest BCUT2D eigenvalue weighted by Gasteiger charge is -2.15. The zero-order valence-corrected chi connectivity index (χ0v) is 15.5. The Morgan fingerprint density at radius 2 is 1.92 bits per heavy atom. The summed E-state index contributed by atoms with van der Waals surface area (Å²) in [5.74, 6) is 1.48. The zero-order chi connectivity index (χ0) is 18.8. The van der Waals surface area contributed by atoms with Crippen molar-refractivity contribution in [3.63, 3.8) is 0 Å². The highest BCUT2D eigenvalue weighted by Gasteiger charge is 2.33. The van der Waals surface area contributed by atoms with E-state index in [0.29, 0.717) is 35.6 Å². The molecule has 5 nitrogen and oxygen atoms in total. The van der Waals surface area contributed by atoms with Crippen LogP contribution in [-0.2, 0) is 6.54 Å². The minimum Gasteiger partial charge on any atom is -0.507 e. The van der Waals surface area contributed by atoms with Crippen LogP contribution >= 0.6 is 0 Å². The number of aryl methyl sites for hydroxylation is 1. The number of benzene rings is 2. The van der Waals surface area contributed by atoms with Gasteiger partial charge in [-0.05, 0) is 63.3 Å². The van der Waals surface area contributed by atoms with E-state index in [1.165, 1.54) is 0 Å². The topological polar surface area (TPSA) is 59.0 Å². The molecule has 1 aliphatic rings. The van der Waals surface area contributed by atoms with Crippen LogP contribution in [-0.4, -0.2) is 36.5 Å². The average molecular weight is 353 g/mol. The van der Waals surface area contributed by atoms with Crippen molar-refractivity contribution in [2.24, 2.45) is 0 Å². The van der Waals surface area contributed by atoms with Crippen molar-refractivity contribution in [1.29, 1.82) is 0 Å². The van der Waals surface area contributed by atoms with E-state index < -0.39 is 0 Å². The molecule has 3 rings (SSSR count). The number of hydrogen-bond donors (Lipinski definition) is 1. The Labute approximate surface area is 153 Å². The number of fused-ring (bicyclic) bond motifs is 1. The van der Waals surface area contributed by atoms with Gasteiger partial charge < -0.3 is 19.5 Å². The number of phenolic OH excluding ortho intramolecular Hbond substituents is 1. The molecule has 1 heterocycles. The highest BCUT2D eigenvalue weighted by molar-refractivity contribution is 6.15. The van der Waals surface area contributed by atoms with E-state index in [4.69, 9.17) is 9.47 Å². The molecule has 1 N–H and O–H groups in total. The Hall–Kier alpha value is -2.79. The molecular weight excluding hydrogens is 330 g/mol. The molecule has 0 radical (unpaired) electrons. The molecule has 0 saturated carbocycles. The first kappa shape index (κ1) is 18.0. The third kappa shape index (κ3) is 3.44. The van der Waals surface area contributed by atoms with Crippen molar-refractivity contribution in [3.05, 3.63) is 58.3 Å². The number of carbonyl (C=O) groups is 1. The number of Topliss-reactive ketones (excluding diaryl/α,β-unsaturated/α-hetero) is 1. The first-order valence-electron chi connectivity index (χ1n) is 8.58. The van der Waals surface area contributed by atoms with Crippen molar-refractivity contribution in [2.75, 3.05) is 20.7 Å². The van der Waals surface area contributed by atoms with Crippen LogP contribution in [0.1, 0.15) is 34.0 Å². The van der Waals surface area contributed by atoms with E-state index in [2.05, 4.69) is 0 Å². The number of hydrogen-bond acceptors (Lipinski definition) is 5. The first-order valence-corrected chi connectivity index (χ1v) is 8.58. The van der Waals surface area contributed by atoms with E-state index in [0.717, 1.165) is 11.3 Å². The predicted octanol–water partition coefficient (Wildman–Crippen LogP) is 3.78. The van der Waals surface area contributed by atoms with Gasteiger partial charge in [-0.1, -0.05) is 12.1 Å². The highest BCUT2D eigenvalue weighted by atomic mass is 16.5. The molecular formula is C21H23NO4. The van der Waals surface area contributed by atoms with Gasteiger partial charge in [-0.15, -0.1) is 0 Å². The third-order valence-electron chi connectivity index (χ3n) is 4.18. The van der Waals surface area contributed by atoms with Crippen molar-refractivity contribution in [3.8, 4) is 17.2 Å². The molecule has 0 fully saturated rings. The van der Waals surface area contributed by atoms with Crippen molar-refractivity contribution < 1.29 is 19.4 Å². The molecule has 0 aromatic heterocycles. The molecule has 0 unspecified atom stereocenters. The molecule has 0 spiro atoms. The normalized spacial score (nSPS) is 14.7. The number of rotatable bonds is 5. The van der Waals surface area contributed by atoms with Crippen molar-refractivity contribution in [2.45, 2.75) is 20.4 Å². The molecule has 2 aromatic rings. The first-order chi connectivity index (χ1) is 12.4. The average Bonchev–Trinajstić information content (AvgIpc) is 2.90. The lowest BCUT2D eigenvalue weighted by molar-refractivity contribution is 0.101. The number of phenols is 1. The van der Waals surface area contributed by atoms with E-state index in [1.807, 2.05) is 50.2 Å². The third-order valence-corrected chi connectivity index (χ3v) is 4.18. The summed E-state index contributed by atoms with van der Waals surface area (Å²) in [4.78, 5) is 14.8. The van der Waals surface area contributed by atoms with Crippen LogP contribution in [0.25, 0.3) is 6.08 Å². The Balaban J connectivity index is 1.97. The highest BCUT2D eigenvalue weighted by Crippen LogP contribution is 2.42. The van der Waals surface area contributed by atoms with Gasteiger partial charge in [0, 0.05) is 6.54 Å². The fourth-order valence-corrected chi connectivity index (χ4v) is 3.03. The number of ketones is 1. The smallest absolute Gasteiger partial charge is 0.232 e. The molecule has 5 heteroatoms. The second-order valence-corrected chi connectivity index (χ2v) is 6.57. The molecule has 0 bridgehead atoms. The van der Waals surface area contributed by atoms with Gasteiger partial charge in [0.1, 0.15) is 17.2 Å². The van der Waals surface area contributed by atoms with Gasteiger partial charge in [0.15, 0.2) is 5.76 Å². The van der Waals surface area contributed by atoms with Gasteiger partial charge in [-0.25, -0.2) is 0 Å². The zero-order valence-electron chi connectivity index (χ0n) is 15.5. The predicted molar refractivity (Wildman–Crippen MR) is 101 cm³/mol. The summed E-state index contributed by atoms with van der Waals surface area (Å²) in [6, 6.07) is 9.10. The van der Waals surface area contributed by atoms with Crippen LogP contribution in [0.3, 0.4) is 0 Å². The maximum atomic E-state index is 12.8. The fraction of sp³-hybridized carbons (Fsp3) is 0.286. The summed E-state index contributed by atoms with van der Waals surface area (Å²) in [6.07, 6.45) is 1.72. The second kappa shape index (κ2) is 7.22. The van der Waals surface area contributed by atoms with Crippen LogP contribution in [0.4, 0.5) is 0 Å². The SMILES string of the molecule is CCOc1ccc(/C=C2\Oc3c(CN(C)C)c(O)cc(C)c3C2=O)cc1. The molecule has 2 aromatic carbocycles. The Kier molecular flexibility index (Phi) is 5.00. The summed E-state index contributed by atoms with van der Waals surface area (Å²) in [5.41, 5.74) is 2.71. The molecule has 26 heavy (non-hydrogen) atoms. The largest absolute Gasteiger partial charge is 0.507 e. The standard InChI is InChI=1S/C21H23NO4/c1-5-25-15-8-6-14(7-9-15)11-18-20(24)19-13(2)10-17(23)16(12-22(3)4)21(19)26-18/h6-11,23H,5,12H2,1-4H3/b18-11-. The molecule has 0 saturated heterocycles. The lowest BCUT2D eigenvalue weighted by atomic mass is 9.99. The maximum Gasteiger partial charge on any atom is 0.232 e.